The van der Waals surface area contributed by atoms with Gasteiger partial charge in [-0.05, 0) is 56.3 Å². The molecule has 1 aliphatic rings. The molecule has 1 aromatic carbocycles. The highest BCUT2D eigenvalue weighted by Gasteiger charge is 2.25. The van der Waals surface area contributed by atoms with E-state index in [9.17, 15) is 4.79 Å². The second-order valence-electron chi connectivity index (χ2n) is 5.96. The van der Waals surface area contributed by atoms with Gasteiger partial charge in [-0.1, -0.05) is 29.6 Å². The summed E-state index contributed by atoms with van der Waals surface area (Å²) < 4.78 is 5.59. The topological polar surface area (TPSA) is 45.5 Å². The molecule has 0 spiro atoms. The summed E-state index contributed by atoms with van der Waals surface area (Å²) in [5.74, 6) is 0.644. The molecule has 1 aromatic heterocycles. The van der Waals surface area contributed by atoms with Crippen LogP contribution in [-0.2, 0) is 0 Å². The molecule has 128 valence electrons. The number of hydrogen-bond donors (Lipinski definition) is 1. The molecule has 0 radical (unpaired) electrons. The average Bonchev–Trinajstić information content (AvgIpc) is 3.12. The van der Waals surface area contributed by atoms with Crippen LogP contribution in [-0.4, -0.2) is 30.4 Å². The highest BCUT2D eigenvalue weighted by atomic mass is 35.5. The van der Waals surface area contributed by atoms with E-state index < -0.39 is 0 Å². The van der Waals surface area contributed by atoms with Crippen LogP contribution in [0, 0.1) is 0 Å². The van der Waals surface area contributed by atoms with Crippen LogP contribution in [0.2, 0.25) is 10.0 Å². The van der Waals surface area contributed by atoms with E-state index in [2.05, 4.69) is 10.2 Å². The van der Waals surface area contributed by atoms with E-state index in [1.807, 2.05) is 12.1 Å². The number of rotatable bonds is 5. The van der Waals surface area contributed by atoms with Gasteiger partial charge in [0.2, 0.25) is 0 Å². The number of nitrogens with one attached hydrogen (secondary N) is 1. The monoisotopic (exact) mass is 366 g/mol. The number of benzene rings is 1. The van der Waals surface area contributed by atoms with E-state index in [1.54, 1.807) is 24.5 Å². The normalized spacial score (nSPS) is 16.8. The van der Waals surface area contributed by atoms with E-state index in [1.165, 1.54) is 19.3 Å². The highest BCUT2D eigenvalue weighted by molar-refractivity contribution is 6.35. The maximum atomic E-state index is 12.5. The van der Waals surface area contributed by atoms with Crippen LogP contribution in [0.15, 0.2) is 41.0 Å². The van der Waals surface area contributed by atoms with Gasteiger partial charge < -0.3 is 9.73 Å². The standard InChI is InChI=1S/C18H20Cl2N2O2/c19-13-6-7-15(20)14(11-13)18(23)21-12-16(17-5-4-10-24-17)22-8-2-1-3-9-22/h4-7,10-11,16H,1-3,8-9,12H2,(H,21,23). The largest absolute Gasteiger partial charge is 0.468 e. The maximum Gasteiger partial charge on any atom is 0.252 e. The van der Waals surface area contributed by atoms with Crippen LogP contribution in [0.5, 0.6) is 0 Å². The molecule has 0 aliphatic carbocycles. The number of furan rings is 1. The van der Waals surface area contributed by atoms with Crippen LogP contribution >= 0.6 is 23.2 Å². The summed E-state index contributed by atoms with van der Waals surface area (Å²) in [7, 11) is 0. The molecule has 1 fully saturated rings. The Labute approximate surface area is 151 Å². The Morgan fingerprint density at radius 1 is 1.21 bits per heavy atom. The molecule has 0 saturated carbocycles. The predicted molar refractivity (Wildman–Crippen MR) is 95.7 cm³/mol. The van der Waals surface area contributed by atoms with Gasteiger partial charge in [0.25, 0.3) is 5.91 Å². The number of piperidine rings is 1. The Balaban J connectivity index is 1.71. The Morgan fingerprint density at radius 3 is 2.71 bits per heavy atom. The lowest BCUT2D eigenvalue weighted by Crippen LogP contribution is -2.40. The van der Waals surface area contributed by atoms with Gasteiger partial charge in [-0.2, -0.15) is 0 Å². The summed E-state index contributed by atoms with van der Waals surface area (Å²) in [5, 5.41) is 3.85. The van der Waals surface area contributed by atoms with E-state index in [4.69, 9.17) is 27.6 Å². The van der Waals surface area contributed by atoms with E-state index in [0.29, 0.717) is 22.2 Å². The van der Waals surface area contributed by atoms with Crippen molar-refractivity contribution in [3.8, 4) is 0 Å². The van der Waals surface area contributed by atoms with Gasteiger partial charge in [-0.25, -0.2) is 0 Å². The minimum absolute atomic E-state index is 0.0298. The fourth-order valence-corrected chi connectivity index (χ4v) is 3.45. The third-order valence-electron chi connectivity index (χ3n) is 4.33. The van der Waals surface area contributed by atoms with Crippen molar-refractivity contribution in [1.82, 2.24) is 10.2 Å². The number of carbonyl (C=O) groups is 1. The summed E-state index contributed by atoms with van der Waals surface area (Å²) >= 11 is 12.1. The molecular formula is C18H20Cl2N2O2. The molecule has 1 saturated heterocycles. The zero-order chi connectivity index (χ0) is 16.9. The fraction of sp³-hybridized carbons (Fsp3) is 0.389. The lowest BCUT2D eigenvalue weighted by Gasteiger charge is -2.33. The van der Waals surface area contributed by atoms with Gasteiger partial charge in [0.15, 0.2) is 0 Å². The molecule has 24 heavy (non-hydrogen) atoms. The first-order valence-electron chi connectivity index (χ1n) is 8.16. The Bertz CT molecular complexity index is 682. The predicted octanol–water partition coefficient (Wildman–Crippen LogP) is 4.54. The molecule has 2 aromatic rings. The van der Waals surface area contributed by atoms with Gasteiger partial charge >= 0.3 is 0 Å². The van der Waals surface area contributed by atoms with Gasteiger partial charge in [0, 0.05) is 11.6 Å². The van der Waals surface area contributed by atoms with Crippen LogP contribution < -0.4 is 5.32 Å². The summed E-state index contributed by atoms with van der Waals surface area (Å²) in [5.41, 5.74) is 0.390. The van der Waals surface area contributed by atoms with Crippen LogP contribution in [0.3, 0.4) is 0 Å². The molecule has 3 rings (SSSR count). The van der Waals surface area contributed by atoms with E-state index in [0.717, 1.165) is 18.8 Å². The fourth-order valence-electron chi connectivity index (χ4n) is 3.08. The summed E-state index contributed by atoms with van der Waals surface area (Å²) in [4.78, 5) is 14.8. The molecule has 1 aliphatic heterocycles. The van der Waals surface area contributed by atoms with Crippen molar-refractivity contribution >= 4 is 29.1 Å². The molecule has 1 amide bonds. The Hall–Kier alpha value is -1.49. The molecule has 1 atom stereocenters. The first-order valence-corrected chi connectivity index (χ1v) is 8.91. The molecular weight excluding hydrogens is 347 g/mol. The number of likely N-dealkylation sites (tertiary alicyclic amines) is 1. The van der Waals surface area contributed by atoms with E-state index in [-0.39, 0.29) is 11.9 Å². The van der Waals surface area contributed by atoms with E-state index >= 15 is 0 Å². The first kappa shape index (κ1) is 17.3. The number of amides is 1. The van der Waals surface area contributed by atoms with Gasteiger partial charge in [-0.15, -0.1) is 0 Å². The smallest absolute Gasteiger partial charge is 0.252 e. The highest BCUT2D eigenvalue weighted by Crippen LogP contribution is 2.25. The number of carbonyl (C=O) groups excluding carboxylic acids is 1. The Kier molecular flexibility index (Phi) is 5.82. The Morgan fingerprint density at radius 2 is 2.00 bits per heavy atom. The zero-order valence-corrected chi connectivity index (χ0v) is 14.8. The first-order chi connectivity index (χ1) is 11.6. The van der Waals surface area contributed by atoms with Crippen molar-refractivity contribution in [3.05, 3.63) is 58.0 Å². The van der Waals surface area contributed by atoms with Crippen molar-refractivity contribution in [2.24, 2.45) is 0 Å². The second-order valence-corrected chi connectivity index (χ2v) is 6.81. The van der Waals surface area contributed by atoms with Crippen molar-refractivity contribution in [2.75, 3.05) is 19.6 Å². The number of hydrogen-bond acceptors (Lipinski definition) is 3. The molecule has 0 bridgehead atoms. The SMILES string of the molecule is O=C(NCC(c1ccco1)N1CCCCC1)c1cc(Cl)ccc1Cl. The van der Waals surface area contributed by atoms with Gasteiger partial charge in [0.1, 0.15) is 5.76 Å². The molecule has 4 nitrogen and oxygen atoms in total. The average molecular weight is 367 g/mol. The maximum absolute atomic E-state index is 12.5. The third kappa shape index (κ3) is 4.12. The van der Waals surface area contributed by atoms with Gasteiger partial charge in [-0.3, -0.25) is 9.69 Å². The second kappa shape index (κ2) is 8.06. The summed E-state index contributed by atoms with van der Waals surface area (Å²) in [6.45, 7) is 2.49. The molecule has 1 unspecified atom stereocenters. The van der Waals surface area contributed by atoms with Gasteiger partial charge in [0.05, 0.1) is 22.9 Å². The third-order valence-corrected chi connectivity index (χ3v) is 4.90. The summed E-state index contributed by atoms with van der Waals surface area (Å²) in [6.07, 6.45) is 5.27. The lowest BCUT2D eigenvalue weighted by atomic mass is 10.1. The van der Waals surface area contributed by atoms with Crippen LogP contribution in [0.1, 0.15) is 41.4 Å². The minimum Gasteiger partial charge on any atom is -0.468 e. The minimum atomic E-state index is -0.226. The molecule has 6 heteroatoms. The van der Waals surface area contributed by atoms with Crippen molar-refractivity contribution in [2.45, 2.75) is 25.3 Å². The molecule has 1 N–H and O–H groups in total. The molecule has 2 heterocycles. The lowest BCUT2D eigenvalue weighted by molar-refractivity contribution is 0.0914. The van der Waals surface area contributed by atoms with Crippen LogP contribution in [0.25, 0.3) is 0 Å². The van der Waals surface area contributed by atoms with Crippen molar-refractivity contribution < 1.29 is 9.21 Å². The number of nitrogens with zero attached hydrogens (tertiary/aromatic N) is 1. The zero-order valence-electron chi connectivity index (χ0n) is 13.3. The van der Waals surface area contributed by atoms with Crippen LogP contribution in [0.4, 0.5) is 0 Å². The summed E-state index contributed by atoms with van der Waals surface area (Å²) in [6, 6.07) is 8.75. The quantitative estimate of drug-likeness (QED) is 0.844. The van der Waals surface area contributed by atoms with Crippen molar-refractivity contribution in [1.29, 1.82) is 0 Å². The van der Waals surface area contributed by atoms with Crippen molar-refractivity contribution in [3.63, 3.8) is 0 Å². The number of halogens is 2.